The maximum atomic E-state index is 13.1. The minimum atomic E-state index is -0.222. The number of hydrogen-bond donors (Lipinski definition) is 2. The Kier molecular flexibility index (Phi) is 10.6. The first-order valence-electron chi connectivity index (χ1n) is 15.3. The van der Waals surface area contributed by atoms with Crippen LogP contribution in [0.15, 0.2) is 60.9 Å². The molecule has 0 bridgehead atoms. The van der Waals surface area contributed by atoms with Crippen molar-refractivity contribution in [2.45, 2.75) is 51.7 Å². The van der Waals surface area contributed by atoms with E-state index in [9.17, 15) is 9.59 Å². The Balaban J connectivity index is 1.26. The van der Waals surface area contributed by atoms with Crippen LogP contribution in [0.3, 0.4) is 0 Å². The number of esters is 1. The lowest BCUT2D eigenvalue weighted by Crippen LogP contribution is -2.48. The molecule has 2 N–H and O–H groups in total. The number of fused-ring (bicyclic) bond motifs is 1. The van der Waals surface area contributed by atoms with Crippen molar-refractivity contribution in [3.8, 4) is 5.75 Å². The summed E-state index contributed by atoms with van der Waals surface area (Å²) < 4.78 is 11.4. The SMILES string of the molecule is CCOC(=O)CN1CCN(C/C=C/C(=O)Nc2cc3c(N[C@H](C)c4ccccc4)ncnc3cc2OC2CCCC2)CC1. The van der Waals surface area contributed by atoms with Crippen LogP contribution in [-0.2, 0) is 14.3 Å². The number of carbonyl (C=O) groups excluding carboxylic acids is 2. The molecule has 10 nitrogen and oxygen atoms in total. The van der Waals surface area contributed by atoms with Crippen molar-refractivity contribution in [3.63, 3.8) is 0 Å². The van der Waals surface area contributed by atoms with E-state index in [-0.39, 0.29) is 24.0 Å². The molecule has 2 aliphatic rings. The molecule has 1 aliphatic carbocycles. The van der Waals surface area contributed by atoms with E-state index in [0.717, 1.165) is 68.3 Å². The second-order valence-electron chi connectivity index (χ2n) is 11.2. The van der Waals surface area contributed by atoms with Gasteiger partial charge in [-0.05, 0) is 51.2 Å². The van der Waals surface area contributed by atoms with Crippen molar-refractivity contribution in [2.24, 2.45) is 0 Å². The molecular formula is C33H42N6O4. The zero-order valence-corrected chi connectivity index (χ0v) is 25.1. The van der Waals surface area contributed by atoms with Gasteiger partial charge in [0, 0.05) is 56.3 Å². The van der Waals surface area contributed by atoms with E-state index in [1.807, 2.05) is 43.3 Å². The molecular weight excluding hydrogens is 544 g/mol. The summed E-state index contributed by atoms with van der Waals surface area (Å²) in [6, 6.07) is 14.0. The third-order valence-corrected chi connectivity index (χ3v) is 8.00. The second-order valence-corrected chi connectivity index (χ2v) is 11.2. The molecule has 1 amide bonds. The van der Waals surface area contributed by atoms with Crippen molar-refractivity contribution in [2.75, 3.05) is 56.5 Å². The highest BCUT2D eigenvalue weighted by molar-refractivity contribution is 6.03. The van der Waals surface area contributed by atoms with E-state index >= 15 is 0 Å². The molecule has 1 aromatic heterocycles. The summed E-state index contributed by atoms with van der Waals surface area (Å²) in [5.74, 6) is 0.916. The minimum absolute atomic E-state index is 0.0294. The summed E-state index contributed by atoms with van der Waals surface area (Å²) in [7, 11) is 0. The number of piperazine rings is 1. The molecule has 0 unspecified atom stereocenters. The van der Waals surface area contributed by atoms with Crippen LogP contribution in [-0.4, -0.2) is 83.6 Å². The predicted octanol–water partition coefficient (Wildman–Crippen LogP) is 4.80. The normalized spacial score (nSPS) is 17.3. The van der Waals surface area contributed by atoms with Gasteiger partial charge in [-0.15, -0.1) is 0 Å². The van der Waals surface area contributed by atoms with Crippen LogP contribution < -0.4 is 15.4 Å². The van der Waals surface area contributed by atoms with E-state index in [0.29, 0.717) is 37.0 Å². The lowest BCUT2D eigenvalue weighted by molar-refractivity contribution is -0.144. The van der Waals surface area contributed by atoms with Crippen LogP contribution in [0.5, 0.6) is 5.75 Å². The monoisotopic (exact) mass is 586 g/mol. The number of hydrogen-bond acceptors (Lipinski definition) is 9. The fourth-order valence-corrected chi connectivity index (χ4v) is 5.61. The van der Waals surface area contributed by atoms with Crippen LogP contribution in [0.4, 0.5) is 11.5 Å². The van der Waals surface area contributed by atoms with E-state index in [1.165, 1.54) is 0 Å². The van der Waals surface area contributed by atoms with E-state index in [4.69, 9.17) is 9.47 Å². The Morgan fingerprint density at radius 2 is 1.79 bits per heavy atom. The van der Waals surface area contributed by atoms with Crippen LogP contribution in [0, 0.1) is 0 Å². The number of rotatable bonds is 12. The van der Waals surface area contributed by atoms with E-state index in [1.54, 1.807) is 12.4 Å². The molecule has 1 saturated heterocycles. The summed E-state index contributed by atoms with van der Waals surface area (Å²) >= 11 is 0. The topological polar surface area (TPSA) is 109 Å². The van der Waals surface area contributed by atoms with Crippen LogP contribution in [0.25, 0.3) is 10.9 Å². The van der Waals surface area contributed by atoms with Gasteiger partial charge in [0.1, 0.15) is 17.9 Å². The molecule has 228 valence electrons. The average molecular weight is 587 g/mol. The van der Waals surface area contributed by atoms with Crippen molar-refractivity contribution >= 4 is 34.3 Å². The summed E-state index contributed by atoms with van der Waals surface area (Å²) in [5, 5.41) is 7.38. The largest absolute Gasteiger partial charge is 0.488 e. The number of amides is 1. The fraction of sp³-hybridized carbons (Fsp3) is 0.455. The number of nitrogens with zero attached hydrogens (tertiary/aromatic N) is 4. The highest BCUT2D eigenvalue weighted by Gasteiger charge is 2.21. The molecule has 0 radical (unpaired) electrons. The summed E-state index contributed by atoms with van der Waals surface area (Å²) in [6.45, 7) is 8.52. The highest BCUT2D eigenvalue weighted by Crippen LogP contribution is 2.36. The minimum Gasteiger partial charge on any atom is -0.488 e. The van der Waals surface area contributed by atoms with Crippen LogP contribution in [0.2, 0.25) is 0 Å². The number of aromatic nitrogens is 2. The third kappa shape index (κ3) is 8.52. The van der Waals surface area contributed by atoms with Crippen LogP contribution in [0.1, 0.15) is 51.1 Å². The Hall–Kier alpha value is -4.02. The quantitative estimate of drug-likeness (QED) is 0.229. The Morgan fingerprint density at radius 3 is 2.53 bits per heavy atom. The first-order valence-corrected chi connectivity index (χ1v) is 15.3. The first-order chi connectivity index (χ1) is 21.0. The lowest BCUT2D eigenvalue weighted by Gasteiger charge is -2.33. The number of ether oxygens (including phenoxy) is 2. The standard InChI is InChI=1S/C33H42N6O4/c1-3-42-32(41)22-39-18-16-38(17-19-39)15-9-14-31(40)37-29-20-27-28(21-30(29)43-26-12-7-8-13-26)34-23-35-33(27)36-24(2)25-10-5-4-6-11-25/h4-6,9-11,14,20-21,23-24,26H,3,7-8,12-13,15-19,22H2,1-2H3,(H,37,40)(H,34,35,36)/b14-9+/t24-/m1/s1. The zero-order chi connectivity index (χ0) is 30.0. The van der Waals surface area contributed by atoms with Crippen LogP contribution >= 0.6 is 0 Å². The van der Waals surface area contributed by atoms with Crippen molar-refractivity contribution in [3.05, 3.63) is 66.5 Å². The first kappa shape index (κ1) is 30.4. The summed E-state index contributed by atoms with van der Waals surface area (Å²) in [5.41, 5.74) is 2.50. The van der Waals surface area contributed by atoms with Gasteiger partial charge in [-0.3, -0.25) is 19.4 Å². The van der Waals surface area contributed by atoms with Crippen molar-refractivity contribution in [1.82, 2.24) is 19.8 Å². The van der Waals surface area contributed by atoms with Gasteiger partial charge in [-0.25, -0.2) is 9.97 Å². The van der Waals surface area contributed by atoms with Gasteiger partial charge in [-0.2, -0.15) is 0 Å². The molecule has 1 atom stereocenters. The number of carbonyl (C=O) groups is 2. The Bertz CT molecular complexity index is 1400. The van der Waals surface area contributed by atoms with Gasteiger partial charge in [0.15, 0.2) is 0 Å². The van der Waals surface area contributed by atoms with Gasteiger partial charge in [-0.1, -0.05) is 36.4 Å². The summed E-state index contributed by atoms with van der Waals surface area (Å²) in [4.78, 5) is 38.3. The molecule has 1 aliphatic heterocycles. The molecule has 2 heterocycles. The Morgan fingerprint density at radius 1 is 1.05 bits per heavy atom. The van der Waals surface area contributed by atoms with E-state index in [2.05, 4.69) is 49.5 Å². The van der Waals surface area contributed by atoms with Gasteiger partial charge in [0.25, 0.3) is 0 Å². The van der Waals surface area contributed by atoms with Crippen molar-refractivity contribution in [1.29, 1.82) is 0 Å². The number of nitrogens with one attached hydrogen (secondary N) is 2. The number of benzene rings is 2. The molecule has 0 spiro atoms. The highest BCUT2D eigenvalue weighted by atomic mass is 16.5. The second kappa shape index (κ2) is 14.9. The van der Waals surface area contributed by atoms with Crippen molar-refractivity contribution < 1.29 is 19.1 Å². The summed E-state index contributed by atoms with van der Waals surface area (Å²) in [6.07, 6.45) is 9.44. The lowest BCUT2D eigenvalue weighted by atomic mass is 10.1. The maximum Gasteiger partial charge on any atom is 0.320 e. The van der Waals surface area contributed by atoms with Gasteiger partial charge in [0.05, 0.1) is 30.5 Å². The van der Waals surface area contributed by atoms with Gasteiger partial charge in [0.2, 0.25) is 5.91 Å². The molecule has 5 rings (SSSR count). The van der Waals surface area contributed by atoms with E-state index < -0.39 is 0 Å². The van der Waals surface area contributed by atoms with Gasteiger partial charge >= 0.3 is 5.97 Å². The molecule has 2 aromatic carbocycles. The molecule has 10 heteroatoms. The maximum absolute atomic E-state index is 13.1. The Labute approximate surface area is 253 Å². The molecule has 2 fully saturated rings. The smallest absolute Gasteiger partial charge is 0.320 e. The van der Waals surface area contributed by atoms with Gasteiger partial charge < -0.3 is 20.1 Å². The third-order valence-electron chi connectivity index (χ3n) is 8.00. The fourth-order valence-electron chi connectivity index (χ4n) is 5.61. The molecule has 1 saturated carbocycles. The predicted molar refractivity (Wildman–Crippen MR) is 168 cm³/mol. The zero-order valence-electron chi connectivity index (χ0n) is 25.1. The molecule has 3 aromatic rings. The number of anilines is 2. The average Bonchev–Trinajstić information content (AvgIpc) is 3.52. The molecule has 43 heavy (non-hydrogen) atoms.